The van der Waals surface area contributed by atoms with Crippen molar-refractivity contribution < 1.29 is 23.9 Å². The maximum atomic E-state index is 12.0. The maximum absolute atomic E-state index is 12.0. The third kappa shape index (κ3) is 3.93. The number of aromatic nitrogens is 2. The maximum Gasteiger partial charge on any atom is 0.341 e. The van der Waals surface area contributed by atoms with Gasteiger partial charge in [-0.3, -0.25) is 0 Å². The smallest absolute Gasteiger partial charge is 0.341 e. The van der Waals surface area contributed by atoms with Crippen LogP contribution in [0, 0.1) is 11.8 Å². The zero-order valence-electron chi connectivity index (χ0n) is 17.8. The van der Waals surface area contributed by atoms with Gasteiger partial charge in [-0.05, 0) is 36.8 Å². The van der Waals surface area contributed by atoms with Crippen molar-refractivity contribution in [3.63, 3.8) is 0 Å². The summed E-state index contributed by atoms with van der Waals surface area (Å²) in [5, 5.41) is 14.9. The Labute approximate surface area is 185 Å². The lowest BCUT2D eigenvalue weighted by Crippen LogP contribution is -2.42. The molecule has 8 nitrogen and oxygen atoms in total. The molecule has 1 aliphatic carbocycles. The summed E-state index contributed by atoms with van der Waals surface area (Å²) in [4.78, 5) is 18.7. The summed E-state index contributed by atoms with van der Waals surface area (Å²) in [5.41, 5.74) is 1.27. The molecule has 3 aromatic rings. The van der Waals surface area contributed by atoms with Crippen LogP contribution in [0.3, 0.4) is 0 Å². The lowest BCUT2D eigenvalue weighted by molar-refractivity contribution is -0.0237. The van der Waals surface area contributed by atoms with Gasteiger partial charge in [0.2, 0.25) is 5.82 Å². The summed E-state index contributed by atoms with van der Waals surface area (Å²) < 4.78 is 16.5. The highest BCUT2D eigenvalue weighted by Gasteiger charge is 2.44. The van der Waals surface area contributed by atoms with Crippen molar-refractivity contribution >= 4 is 12.0 Å². The Kier molecular flexibility index (Phi) is 5.53. The molecule has 0 unspecified atom stereocenters. The Morgan fingerprint density at radius 3 is 2.56 bits per heavy atom. The van der Waals surface area contributed by atoms with Crippen molar-refractivity contribution in [1.82, 2.24) is 10.1 Å². The molecule has 1 aliphatic heterocycles. The zero-order valence-corrected chi connectivity index (χ0v) is 17.8. The van der Waals surface area contributed by atoms with E-state index < -0.39 is 18.2 Å². The number of anilines is 1. The van der Waals surface area contributed by atoms with Gasteiger partial charge in [0.15, 0.2) is 0 Å². The first kappa shape index (κ1) is 20.5. The first-order chi connectivity index (χ1) is 15.6. The van der Waals surface area contributed by atoms with Gasteiger partial charge in [-0.1, -0.05) is 47.6 Å². The molecule has 0 bridgehead atoms. The van der Waals surface area contributed by atoms with Gasteiger partial charge >= 0.3 is 12.0 Å². The van der Waals surface area contributed by atoms with Gasteiger partial charge in [0.1, 0.15) is 17.4 Å². The van der Waals surface area contributed by atoms with Gasteiger partial charge in [0, 0.05) is 18.7 Å². The van der Waals surface area contributed by atoms with Crippen LogP contribution in [0.1, 0.15) is 23.2 Å². The average molecular weight is 435 g/mol. The van der Waals surface area contributed by atoms with Gasteiger partial charge < -0.3 is 24.0 Å². The fraction of sp³-hybridized carbons (Fsp3) is 0.375. The minimum Gasteiger partial charge on any atom is -0.487 e. The highest BCUT2D eigenvalue weighted by atomic mass is 16.5. The number of aliphatic hydroxyl groups excluding tert-OH is 1. The van der Waals surface area contributed by atoms with Gasteiger partial charge in [0.25, 0.3) is 0 Å². The molecule has 5 rings (SSSR count). The third-order valence-corrected chi connectivity index (χ3v) is 6.37. The number of fused-ring (bicyclic) bond motifs is 1. The summed E-state index contributed by atoms with van der Waals surface area (Å²) in [6, 6.07) is 17.2. The van der Waals surface area contributed by atoms with E-state index in [2.05, 4.69) is 15.0 Å². The standard InChI is InChI=1S/C24H25N3O5/c1-30-23(29)18-9-5-6-10-20(18)31-21-12-17-14-27(13-16(17)11-19(21)28)24-25-22(26-32-24)15-7-3-2-4-8-15/h2-10,16-17,19,21,28H,11-14H2,1H3/t16-,17+,19+,21+/m0/s1. The van der Waals surface area contributed by atoms with Crippen molar-refractivity contribution in [2.45, 2.75) is 25.0 Å². The molecule has 1 saturated heterocycles. The SMILES string of the molecule is COC(=O)c1ccccc1O[C@@H]1C[C@@H]2CN(c3nc(-c4ccccc4)no3)C[C@@H]2C[C@H]1O. The summed E-state index contributed by atoms with van der Waals surface area (Å²) in [5.74, 6) is 1.17. The number of ether oxygens (including phenoxy) is 2. The molecular formula is C24H25N3O5. The first-order valence-electron chi connectivity index (χ1n) is 10.8. The molecule has 1 N–H and O–H groups in total. The minimum absolute atomic E-state index is 0.313. The van der Waals surface area contributed by atoms with Gasteiger partial charge in [-0.25, -0.2) is 4.79 Å². The Hall–Kier alpha value is -3.39. The predicted molar refractivity (Wildman–Crippen MR) is 116 cm³/mol. The van der Waals surface area contributed by atoms with Crippen LogP contribution in [-0.4, -0.2) is 53.6 Å². The molecule has 2 heterocycles. The molecular weight excluding hydrogens is 410 g/mol. The van der Waals surface area contributed by atoms with E-state index in [1.165, 1.54) is 7.11 Å². The number of esters is 1. The fourth-order valence-electron chi connectivity index (χ4n) is 4.73. The molecule has 2 aromatic carbocycles. The molecule has 32 heavy (non-hydrogen) atoms. The van der Waals surface area contributed by atoms with Crippen molar-refractivity contribution in [2.75, 3.05) is 25.1 Å². The number of carbonyl (C=O) groups excluding carboxylic acids is 1. The average Bonchev–Trinajstić information content (AvgIpc) is 3.47. The molecule has 0 spiro atoms. The number of carbonyl (C=O) groups is 1. The largest absolute Gasteiger partial charge is 0.487 e. The number of aliphatic hydroxyl groups is 1. The van der Waals surface area contributed by atoms with E-state index in [1.54, 1.807) is 24.3 Å². The summed E-state index contributed by atoms with van der Waals surface area (Å²) in [6.07, 6.45) is 0.276. The monoisotopic (exact) mass is 435 g/mol. The van der Waals surface area contributed by atoms with Crippen LogP contribution in [0.25, 0.3) is 11.4 Å². The van der Waals surface area contributed by atoms with Crippen LogP contribution in [0.2, 0.25) is 0 Å². The Morgan fingerprint density at radius 2 is 1.78 bits per heavy atom. The van der Waals surface area contributed by atoms with Crippen molar-refractivity contribution in [2.24, 2.45) is 11.8 Å². The van der Waals surface area contributed by atoms with Crippen LogP contribution in [0.4, 0.5) is 6.01 Å². The van der Waals surface area contributed by atoms with Gasteiger partial charge in [-0.15, -0.1) is 0 Å². The number of hydrogen-bond donors (Lipinski definition) is 1. The van der Waals surface area contributed by atoms with Crippen LogP contribution in [-0.2, 0) is 4.74 Å². The van der Waals surface area contributed by atoms with E-state index in [9.17, 15) is 9.90 Å². The van der Waals surface area contributed by atoms with E-state index in [0.29, 0.717) is 47.8 Å². The Balaban J connectivity index is 1.28. The van der Waals surface area contributed by atoms with Crippen LogP contribution < -0.4 is 9.64 Å². The topological polar surface area (TPSA) is 97.9 Å². The second-order valence-corrected chi connectivity index (χ2v) is 8.37. The second kappa shape index (κ2) is 8.63. The van der Waals surface area contributed by atoms with Gasteiger partial charge in [-0.2, -0.15) is 4.98 Å². The van der Waals surface area contributed by atoms with Crippen LogP contribution in [0.5, 0.6) is 5.75 Å². The highest BCUT2D eigenvalue weighted by Crippen LogP contribution is 2.40. The molecule has 2 aliphatic rings. The Morgan fingerprint density at radius 1 is 1.06 bits per heavy atom. The fourth-order valence-corrected chi connectivity index (χ4v) is 4.73. The molecule has 0 amide bonds. The Bertz CT molecular complexity index is 1090. The number of nitrogens with zero attached hydrogens (tertiary/aromatic N) is 3. The van der Waals surface area contributed by atoms with E-state index in [1.807, 2.05) is 30.3 Å². The minimum atomic E-state index is -0.621. The number of para-hydroxylation sites is 1. The van der Waals surface area contributed by atoms with E-state index >= 15 is 0 Å². The second-order valence-electron chi connectivity index (χ2n) is 8.37. The number of hydrogen-bond acceptors (Lipinski definition) is 8. The molecule has 1 saturated carbocycles. The van der Waals surface area contributed by atoms with E-state index in [0.717, 1.165) is 18.7 Å². The number of rotatable bonds is 5. The van der Waals surface area contributed by atoms with Crippen LogP contribution >= 0.6 is 0 Å². The molecule has 1 aromatic heterocycles. The molecule has 2 fully saturated rings. The molecule has 8 heteroatoms. The van der Waals surface area contributed by atoms with Crippen molar-refractivity contribution in [3.8, 4) is 17.1 Å². The lowest BCUT2D eigenvalue weighted by atomic mass is 9.78. The summed E-state index contributed by atoms with van der Waals surface area (Å²) in [6.45, 7) is 1.51. The van der Waals surface area contributed by atoms with E-state index in [-0.39, 0.29) is 0 Å². The first-order valence-corrected chi connectivity index (χ1v) is 10.8. The molecule has 166 valence electrons. The molecule has 4 atom stereocenters. The van der Waals surface area contributed by atoms with Gasteiger partial charge in [0.05, 0.1) is 13.2 Å². The quantitative estimate of drug-likeness (QED) is 0.611. The number of benzene rings is 2. The zero-order chi connectivity index (χ0) is 22.1. The lowest BCUT2D eigenvalue weighted by Gasteiger charge is -2.35. The summed E-state index contributed by atoms with van der Waals surface area (Å²) in [7, 11) is 1.34. The van der Waals surface area contributed by atoms with E-state index in [4.69, 9.17) is 14.0 Å². The highest BCUT2D eigenvalue weighted by molar-refractivity contribution is 5.92. The normalized spacial score (nSPS) is 24.8. The van der Waals surface area contributed by atoms with Crippen molar-refractivity contribution in [3.05, 3.63) is 60.2 Å². The van der Waals surface area contributed by atoms with Crippen molar-refractivity contribution in [1.29, 1.82) is 0 Å². The summed E-state index contributed by atoms with van der Waals surface area (Å²) >= 11 is 0. The molecule has 0 radical (unpaired) electrons. The predicted octanol–water partition coefficient (Wildman–Crippen LogP) is 3.18. The van der Waals surface area contributed by atoms with Crippen LogP contribution in [0.15, 0.2) is 59.1 Å². The number of methoxy groups -OCH3 is 1. The third-order valence-electron chi connectivity index (χ3n) is 6.37.